The monoisotopic (exact) mass is 418 g/mol. The van der Waals surface area contributed by atoms with Crippen molar-refractivity contribution in [2.75, 3.05) is 0 Å². The highest BCUT2D eigenvalue weighted by atomic mass is 35.5. The van der Waals surface area contributed by atoms with Gasteiger partial charge in [-0.15, -0.1) is 0 Å². The summed E-state index contributed by atoms with van der Waals surface area (Å²) in [5, 5.41) is 16.2. The molecule has 30 heavy (non-hydrogen) atoms. The van der Waals surface area contributed by atoms with Crippen molar-refractivity contribution in [2.24, 2.45) is 0 Å². The minimum absolute atomic E-state index is 0.0480. The largest absolute Gasteiger partial charge is 0.383 e. The number of pyridine rings is 1. The summed E-state index contributed by atoms with van der Waals surface area (Å²) in [6.07, 6.45) is 2.37. The normalized spacial score (nSPS) is 12.7. The highest BCUT2D eigenvalue weighted by Gasteiger charge is 2.27. The molecule has 4 aromatic rings. The van der Waals surface area contributed by atoms with Crippen LogP contribution in [-0.4, -0.2) is 15.2 Å². The summed E-state index contributed by atoms with van der Waals surface area (Å²) >= 11 is 6.19. The second kappa shape index (κ2) is 8.05. The van der Waals surface area contributed by atoms with Crippen LogP contribution >= 0.6 is 11.6 Å². The Morgan fingerprint density at radius 2 is 1.73 bits per heavy atom. The van der Waals surface area contributed by atoms with Crippen LogP contribution in [0.2, 0.25) is 5.02 Å². The molecule has 0 saturated carbocycles. The highest BCUT2D eigenvalue weighted by molar-refractivity contribution is 6.30. The molecule has 1 unspecified atom stereocenters. The van der Waals surface area contributed by atoms with Crippen LogP contribution in [0.1, 0.15) is 43.6 Å². The Labute approximate surface area is 181 Å². The van der Waals surface area contributed by atoms with Gasteiger partial charge >= 0.3 is 0 Å². The molecule has 4 rings (SSSR count). The molecule has 0 aliphatic carbocycles. The smallest absolute Gasteiger partial charge is 0.173 e. The van der Waals surface area contributed by atoms with Gasteiger partial charge in [-0.3, -0.25) is 4.98 Å². The van der Waals surface area contributed by atoms with E-state index in [9.17, 15) is 5.11 Å². The van der Waals surface area contributed by atoms with E-state index in [-0.39, 0.29) is 5.41 Å². The molecule has 5 heteroatoms. The first-order valence-corrected chi connectivity index (χ1v) is 10.2. The Morgan fingerprint density at radius 3 is 2.37 bits per heavy atom. The van der Waals surface area contributed by atoms with Gasteiger partial charge in [0.05, 0.1) is 5.56 Å². The third kappa shape index (κ3) is 4.02. The molecular weight excluding hydrogens is 396 g/mol. The zero-order valence-electron chi connectivity index (χ0n) is 17.1. The maximum Gasteiger partial charge on any atom is 0.173 e. The summed E-state index contributed by atoms with van der Waals surface area (Å²) in [6, 6.07) is 19.2. The zero-order valence-corrected chi connectivity index (χ0v) is 17.9. The summed E-state index contributed by atoms with van der Waals surface area (Å²) in [7, 11) is 0. The number of aliphatic hydroxyl groups is 1. The van der Waals surface area contributed by atoms with Gasteiger partial charge in [0.15, 0.2) is 5.76 Å². The van der Waals surface area contributed by atoms with Crippen LogP contribution in [0.4, 0.5) is 0 Å². The molecule has 0 bridgehead atoms. The van der Waals surface area contributed by atoms with Crippen LogP contribution in [-0.2, 0) is 5.41 Å². The predicted octanol–water partition coefficient (Wildman–Crippen LogP) is 6.44. The van der Waals surface area contributed by atoms with Crippen LogP contribution < -0.4 is 0 Å². The number of aliphatic hydroxyl groups excluding tert-OH is 1. The lowest BCUT2D eigenvalue weighted by Crippen LogP contribution is -2.10. The van der Waals surface area contributed by atoms with Crippen LogP contribution in [0.5, 0.6) is 0 Å². The molecule has 1 N–H and O–H groups in total. The van der Waals surface area contributed by atoms with Crippen molar-refractivity contribution in [3.05, 3.63) is 94.8 Å². The lowest BCUT2D eigenvalue weighted by molar-refractivity contribution is 0.220. The number of hydrogen-bond acceptors (Lipinski definition) is 4. The van der Waals surface area contributed by atoms with E-state index in [0.29, 0.717) is 27.6 Å². The van der Waals surface area contributed by atoms with Crippen LogP contribution in [0.15, 0.2) is 77.6 Å². The van der Waals surface area contributed by atoms with Crippen LogP contribution in [0.3, 0.4) is 0 Å². The molecule has 0 fully saturated rings. The van der Waals surface area contributed by atoms with Crippen molar-refractivity contribution in [2.45, 2.75) is 32.3 Å². The minimum atomic E-state index is -0.948. The third-order valence-corrected chi connectivity index (χ3v) is 5.35. The quantitative estimate of drug-likeness (QED) is 0.414. The van der Waals surface area contributed by atoms with Crippen molar-refractivity contribution in [1.29, 1.82) is 0 Å². The van der Waals surface area contributed by atoms with Crippen LogP contribution in [0.25, 0.3) is 22.6 Å². The average Bonchev–Trinajstić information content (AvgIpc) is 3.18. The first-order chi connectivity index (χ1) is 14.3. The summed E-state index contributed by atoms with van der Waals surface area (Å²) in [5.41, 5.74) is 4.75. The van der Waals surface area contributed by atoms with Crippen molar-refractivity contribution in [3.8, 4) is 22.6 Å². The van der Waals surface area contributed by atoms with Gasteiger partial charge in [0, 0.05) is 34.1 Å². The fraction of sp³-hybridized carbons (Fsp3) is 0.200. The van der Waals surface area contributed by atoms with Crippen molar-refractivity contribution in [1.82, 2.24) is 10.1 Å². The van der Waals surface area contributed by atoms with Crippen molar-refractivity contribution >= 4 is 11.6 Å². The number of halogens is 1. The van der Waals surface area contributed by atoms with E-state index in [2.05, 4.69) is 43.0 Å². The molecular formula is C25H23ClN2O2. The van der Waals surface area contributed by atoms with Gasteiger partial charge in [0.1, 0.15) is 11.8 Å². The van der Waals surface area contributed by atoms with E-state index in [4.69, 9.17) is 16.1 Å². The average molecular weight is 419 g/mol. The van der Waals surface area contributed by atoms with E-state index in [1.807, 2.05) is 30.3 Å². The molecule has 2 aromatic carbocycles. The highest BCUT2D eigenvalue weighted by Crippen LogP contribution is 2.39. The van der Waals surface area contributed by atoms with Gasteiger partial charge in [-0.05, 0) is 29.2 Å². The van der Waals surface area contributed by atoms with E-state index in [0.717, 1.165) is 11.1 Å². The second-order valence-corrected chi connectivity index (χ2v) is 8.74. The molecule has 0 spiro atoms. The fourth-order valence-electron chi connectivity index (χ4n) is 3.43. The molecule has 2 aromatic heterocycles. The summed E-state index contributed by atoms with van der Waals surface area (Å²) in [6.45, 7) is 6.52. The van der Waals surface area contributed by atoms with E-state index in [1.165, 1.54) is 5.56 Å². The Morgan fingerprint density at radius 1 is 0.967 bits per heavy atom. The first-order valence-electron chi connectivity index (χ1n) is 9.79. The number of benzene rings is 2. The third-order valence-electron chi connectivity index (χ3n) is 5.11. The maximum absolute atomic E-state index is 11.2. The van der Waals surface area contributed by atoms with Gasteiger partial charge in [-0.1, -0.05) is 80.0 Å². The van der Waals surface area contributed by atoms with Gasteiger partial charge in [-0.25, -0.2) is 0 Å². The molecule has 152 valence electrons. The Hall–Kier alpha value is -2.95. The molecule has 2 heterocycles. The van der Waals surface area contributed by atoms with E-state index >= 15 is 0 Å². The number of rotatable bonds is 4. The van der Waals surface area contributed by atoms with E-state index < -0.39 is 6.10 Å². The SMILES string of the molecule is CC(C)(C)c1ccc(-c2noc(-c3cccc(Cl)c3)c2C(O)c2cccnc2)cc1. The number of aromatic nitrogens is 2. The number of hydrogen-bond donors (Lipinski definition) is 1. The lowest BCUT2D eigenvalue weighted by Gasteiger charge is -2.19. The first kappa shape index (κ1) is 20.3. The molecule has 0 radical (unpaired) electrons. The van der Waals surface area contributed by atoms with Crippen molar-refractivity contribution < 1.29 is 9.63 Å². The Kier molecular flexibility index (Phi) is 5.46. The Bertz CT molecular complexity index is 1150. The van der Waals surface area contributed by atoms with Gasteiger partial charge in [0.25, 0.3) is 0 Å². The fourth-order valence-corrected chi connectivity index (χ4v) is 3.62. The summed E-state index contributed by atoms with van der Waals surface area (Å²) in [4.78, 5) is 4.14. The maximum atomic E-state index is 11.2. The minimum Gasteiger partial charge on any atom is -0.383 e. The van der Waals surface area contributed by atoms with Gasteiger partial charge in [0.2, 0.25) is 0 Å². The second-order valence-electron chi connectivity index (χ2n) is 8.30. The lowest BCUT2D eigenvalue weighted by atomic mass is 9.86. The molecule has 0 aliphatic rings. The van der Waals surface area contributed by atoms with Gasteiger partial charge in [-0.2, -0.15) is 0 Å². The Balaban J connectivity index is 1.87. The molecule has 0 aliphatic heterocycles. The standard InChI is InChI=1S/C25H23ClN2O2/c1-25(2,3)19-11-9-16(10-12-19)22-21(23(29)18-7-5-13-27-15-18)24(30-28-22)17-6-4-8-20(26)14-17/h4-15,23,29H,1-3H3. The molecule has 0 saturated heterocycles. The molecule has 4 nitrogen and oxygen atoms in total. The molecule has 0 amide bonds. The predicted molar refractivity (Wildman–Crippen MR) is 119 cm³/mol. The topological polar surface area (TPSA) is 59.2 Å². The van der Waals surface area contributed by atoms with Crippen molar-refractivity contribution in [3.63, 3.8) is 0 Å². The van der Waals surface area contributed by atoms with Gasteiger partial charge < -0.3 is 9.63 Å². The molecule has 1 atom stereocenters. The van der Waals surface area contributed by atoms with Crippen LogP contribution in [0, 0.1) is 0 Å². The summed E-state index contributed by atoms with van der Waals surface area (Å²) in [5.74, 6) is 0.490. The summed E-state index contributed by atoms with van der Waals surface area (Å²) < 4.78 is 5.74. The number of nitrogens with zero attached hydrogens (tertiary/aromatic N) is 2. The van der Waals surface area contributed by atoms with E-state index in [1.54, 1.807) is 30.6 Å². The zero-order chi connectivity index (χ0) is 21.3.